The maximum absolute atomic E-state index is 9.45. The maximum Gasteiger partial charge on any atom is 0.214 e. The Morgan fingerprint density at radius 2 is 2.04 bits per heavy atom. The van der Waals surface area contributed by atoms with Crippen molar-refractivity contribution < 1.29 is 14.7 Å². The number of rotatable bonds is 6. The lowest BCUT2D eigenvalue weighted by atomic mass is 10.2. The van der Waals surface area contributed by atoms with Gasteiger partial charge in [-0.25, -0.2) is 0 Å². The zero-order chi connectivity index (χ0) is 19.3. The van der Waals surface area contributed by atoms with Crippen molar-refractivity contribution in [2.75, 3.05) is 25.4 Å². The fourth-order valence-electron chi connectivity index (χ4n) is 3.22. The molecule has 9 heteroatoms. The Bertz CT molecular complexity index is 921. The lowest BCUT2D eigenvalue weighted by Gasteiger charge is -2.30. The van der Waals surface area contributed by atoms with E-state index in [1.165, 1.54) is 10.5 Å². The van der Waals surface area contributed by atoms with E-state index < -0.39 is 0 Å². The molecule has 0 amide bonds. The van der Waals surface area contributed by atoms with Gasteiger partial charge in [0.15, 0.2) is 0 Å². The van der Waals surface area contributed by atoms with Crippen LogP contribution in [-0.4, -0.2) is 56.9 Å². The smallest absolute Gasteiger partial charge is 0.214 e. The monoisotopic (exact) mass is 418 g/mol. The largest absolute Gasteiger partial charge is 0.508 e. The number of morpholine rings is 1. The standard InChI is InChI=1S/C19H20ClN5O2S/c20-18-4-2-1-3-14(18)11-24-9-10-27-17(12-24)13-28-19-21-22-23-25(19)15-5-7-16(26)8-6-15/h1-8,17,26H,9-13H2/p+1/t17-/m1/s1. The molecule has 1 fully saturated rings. The summed E-state index contributed by atoms with van der Waals surface area (Å²) in [5.74, 6) is 0.980. The molecule has 2 aromatic carbocycles. The van der Waals surface area contributed by atoms with E-state index in [9.17, 15) is 5.11 Å². The molecule has 1 aromatic heterocycles. The number of aromatic nitrogens is 4. The van der Waals surface area contributed by atoms with E-state index in [0.717, 1.165) is 42.7 Å². The molecule has 0 spiro atoms. The number of tetrazole rings is 1. The first-order valence-corrected chi connectivity index (χ1v) is 10.4. The van der Waals surface area contributed by atoms with Crippen LogP contribution in [0.4, 0.5) is 0 Å². The Labute approximate surface area is 172 Å². The third-order valence-electron chi connectivity index (χ3n) is 4.66. The van der Waals surface area contributed by atoms with Gasteiger partial charge in [-0.15, -0.1) is 5.10 Å². The van der Waals surface area contributed by atoms with Gasteiger partial charge >= 0.3 is 0 Å². The van der Waals surface area contributed by atoms with Gasteiger partial charge in [-0.1, -0.05) is 41.6 Å². The van der Waals surface area contributed by atoms with E-state index >= 15 is 0 Å². The summed E-state index contributed by atoms with van der Waals surface area (Å²) in [5.41, 5.74) is 1.98. The second kappa shape index (κ2) is 8.91. The number of quaternary nitrogens is 1. The van der Waals surface area contributed by atoms with Crippen LogP contribution in [-0.2, 0) is 11.3 Å². The predicted molar refractivity (Wildman–Crippen MR) is 107 cm³/mol. The number of phenolic OH excluding ortho intramolecular Hbond substituents is 1. The molecule has 4 rings (SSSR count). The van der Waals surface area contributed by atoms with Gasteiger partial charge in [-0.3, -0.25) is 0 Å². The number of hydrogen-bond donors (Lipinski definition) is 2. The molecule has 1 saturated heterocycles. The Kier molecular flexibility index (Phi) is 6.11. The number of halogens is 1. The van der Waals surface area contributed by atoms with Crippen LogP contribution in [0.25, 0.3) is 5.69 Å². The predicted octanol–water partition coefficient (Wildman–Crippen LogP) is 1.60. The maximum atomic E-state index is 9.45. The van der Waals surface area contributed by atoms with Crippen LogP contribution in [0, 0.1) is 0 Å². The molecule has 3 aromatic rings. The average molecular weight is 419 g/mol. The molecule has 2 heterocycles. The Hall–Kier alpha value is -2.13. The van der Waals surface area contributed by atoms with Gasteiger partial charge in [0.1, 0.15) is 31.5 Å². The molecule has 1 unspecified atom stereocenters. The fourth-order valence-corrected chi connectivity index (χ4v) is 4.33. The summed E-state index contributed by atoms with van der Waals surface area (Å²) in [7, 11) is 0. The first-order chi connectivity index (χ1) is 13.7. The first kappa shape index (κ1) is 19.2. The molecule has 28 heavy (non-hydrogen) atoms. The highest BCUT2D eigenvalue weighted by Crippen LogP contribution is 2.21. The van der Waals surface area contributed by atoms with Crippen molar-refractivity contribution in [2.24, 2.45) is 0 Å². The molecule has 0 aliphatic carbocycles. The number of nitrogens with zero attached hydrogens (tertiary/aromatic N) is 4. The summed E-state index contributed by atoms with van der Waals surface area (Å²) in [6.45, 7) is 3.51. The van der Waals surface area contributed by atoms with Crippen molar-refractivity contribution >= 4 is 23.4 Å². The highest BCUT2D eigenvalue weighted by molar-refractivity contribution is 7.99. The van der Waals surface area contributed by atoms with E-state index in [-0.39, 0.29) is 11.9 Å². The van der Waals surface area contributed by atoms with Gasteiger partial charge in [-0.2, -0.15) is 4.68 Å². The number of phenols is 1. The number of ether oxygens (including phenoxy) is 1. The number of nitrogens with one attached hydrogen (secondary N) is 1. The minimum absolute atomic E-state index is 0.126. The zero-order valence-electron chi connectivity index (χ0n) is 15.2. The molecule has 2 N–H and O–H groups in total. The van der Waals surface area contributed by atoms with Crippen LogP contribution in [0.2, 0.25) is 5.02 Å². The SMILES string of the molecule is Oc1ccc(-n2nnnc2SC[C@H]2C[NH+](Cc3ccccc3Cl)CCO2)cc1. The van der Waals surface area contributed by atoms with E-state index in [4.69, 9.17) is 16.3 Å². The minimum atomic E-state index is 0.126. The summed E-state index contributed by atoms with van der Waals surface area (Å²) in [6, 6.07) is 14.8. The lowest BCUT2D eigenvalue weighted by Crippen LogP contribution is -3.13. The second-order valence-electron chi connectivity index (χ2n) is 6.67. The zero-order valence-corrected chi connectivity index (χ0v) is 16.7. The van der Waals surface area contributed by atoms with Gasteiger partial charge in [0.2, 0.25) is 5.16 Å². The molecule has 0 bridgehead atoms. The van der Waals surface area contributed by atoms with Crippen LogP contribution < -0.4 is 4.90 Å². The van der Waals surface area contributed by atoms with Gasteiger partial charge in [0.25, 0.3) is 0 Å². The van der Waals surface area contributed by atoms with E-state index in [0.29, 0.717) is 5.16 Å². The Morgan fingerprint density at radius 1 is 1.21 bits per heavy atom. The fraction of sp³-hybridized carbons (Fsp3) is 0.316. The van der Waals surface area contributed by atoms with E-state index in [1.807, 2.05) is 18.2 Å². The first-order valence-electron chi connectivity index (χ1n) is 9.08. The van der Waals surface area contributed by atoms with Crippen molar-refractivity contribution in [1.82, 2.24) is 20.2 Å². The highest BCUT2D eigenvalue weighted by Gasteiger charge is 2.25. The number of aromatic hydroxyl groups is 1. The topological polar surface area (TPSA) is 77.5 Å². The molecule has 2 atom stereocenters. The van der Waals surface area contributed by atoms with Crippen molar-refractivity contribution in [3.63, 3.8) is 0 Å². The summed E-state index contributed by atoms with van der Waals surface area (Å²) in [6.07, 6.45) is 0.126. The van der Waals surface area contributed by atoms with Crippen LogP contribution in [0.3, 0.4) is 0 Å². The normalized spacial score (nSPS) is 19.6. The molecule has 0 radical (unpaired) electrons. The molecule has 0 saturated carbocycles. The summed E-state index contributed by atoms with van der Waals surface area (Å²) >= 11 is 7.88. The van der Waals surface area contributed by atoms with Crippen LogP contribution in [0.15, 0.2) is 53.7 Å². The Balaban J connectivity index is 1.36. The van der Waals surface area contributed by atoms with Crippen LogP contribution >= 0.6 is 23.4 Å². The van der Waals surface area contributed by atoms with Crippen molar-refractivity contribution in [3.8, 4) is 11.4 Å². The molecule has 7 nitrogen and oxygen atoms in total. The molecular weight excluding hydrogens is 398 g/mol. The van der Waals surface area contributed by atoms with E-state index in [1.54, 1.807) is 40.7 Å². The third kappa shape index (κ3) is 4.64. The lowest BCUT2D eigenvalue weighted by molar-refractivity contribution is -0.924. The number of thioether (sulfide) groups is 1. The van der Waals surface area contributed by atoms with Gasteiger partial charge in [0.05, 0.1) is 12.3 Å². The van der Waals surface area contributed by atoms with E-state index in [2.05, 4.69) is 21.6 Å². The van der Waals surface area contributed by atoms with Gasteiger partial charge in [-0.05, 0) is 40.8 Å². The minimum Gasteiger partial charge on any atom is -0.508 e. The number of hydrogen-bond acceptors (Lipinski definition) is 6. The summed E-state index contributed by atoms with van der Waals surface area (Å²) in [4.78, 5) is 1.46. The van der Waals surface area contributed by atoms with Crippen molar-refractivity contribution in [1.29, 1.82) is 0 Å². The van der Waals surface area contributed by atoms with Crippen molar-refractivity contribution in [2.45, 2.75) is 17.8 Å². The third-order valence-corrected chi connectivity index (χ3v) is 6.08. The summed E-state index contributed by atoms with van der Waals surface area (Å²) < 4.78 is 7.62. The van der Waals surface area contributed by atoms with Crippen molar-refractivity contribution in [3.05, 3.63) is 59.1 Å². The average Bonchev–Trinajstić information content (AvgIpc) is 3.18. The molecular formula is C19H21ClN5O2S+. The quantitative estimate of drug-likeness (QED) is 0.592. The number of benzene rings is 2. The highest BCUT2D eigenvalue weighted by atomic mass is 35.5. The van der Waals surface area contributed by atoms with Crippen LogP contribution in [0.1, 0.15) is 5.56 Å². The summed E-state index contributed by atoms with van der Waals surface area (Å²) in [5, 5.41) is 22.9. The van der Waals surface area contributed by atoms with Gasteiger partial charge < -0.3 is 14.7 Å². The second-order valence-corrected chi connectivity index (χ2v) is 8.06. The molecule has 146 valence electrons. The molecule has 1 aliphatic heterocycles. The van der Waals surface area contributed by atoms with Gasteiger partial charge in [0, 0.05) is 16.3 Å². The Morgan fingerprint density at radius 3 is 2.86 bits per heavy atom. The molecule has 1 aliphatic rings. The van der Waals surface area contributed by atoms with Crippen LogP contribution in [0.5, 0.6) is 5.75 Å².